The molecule has 0 spiro atoms. The molecule has 0 unspecified atom stereocenters. The molecule has 9 heteroatoms. The minimum Gasteiger partial charge on any atom is -0.488 e. The van der Waals surface area contributed by atoms with Gasteiger partial charge < -0.3 is 14.5 Å². The number of pyridine rings is 2. The molecule has 1 amide bonds. The summed E-state index contributed by atoms with van der Waals surface area (Å²) < 4.78 is 8.73. The third-order valence-electron chi connectivity index (χ3n) is 5.23. The van der Waals surface area contributed by atoms with Crippen molar-refractivity contribution in [2.24, 2.45) is 0 Å². The Labute approximate surface area is 160 Å². The average molecular weight is 380 g/mol. The quantitative estimate of drug-likeness (QED) is 0.681. The number of nitrogens with zero attached hydrogens (tertiary/aromatic N) is 6. The van der Waals surface area contributed by atoms with E-state index in [2.05, 4.69) is 10.1 Å². The number of anilines is 2. The van der Waals surface area contributed by atoms with Crippen molar-refractivity contribution in [3.8, 4) is 5.75 Å². The van der Waals surface area contributed by atoms with Gasteiger partial charge in [-0.05, 0) is 25.5 Å². The Bertz CT molecular complexity index is 1130. The van der Waals surface area contributed by atoms with Crippen molar-refractivity contribution in [2.75, 3.05) is 31.1 Å². The zero-order valence-electron chi connectivity index (χ0n) is 15.5. The van der Waals surface area contributed by atoms with Gasteiger partial charge in [-0.15, -0.1) is 5.10 Å². The summed E-state index contributed by atoms with van der Waals surface area (Å²) in [4.78, 5) is 33.0. The van der Waals surface area contributed by atoms with E-state index < -0.39 is 0 Å². The number of carbonyl (C=O) groups excluding carboxylic acids is 1. The molecule has 0 saturated carbocycles. The molecule has 9 nitrogen and oxygen atoms in total. The summed E-state index contributed by atoms with van der Waals surface area (Å²) in [5.74, 6) is 1.25. The summed E-state index contributed by atoms with van der Waals surface area (Å²) in [6.45, 7) is 5.10. The lowest BCUT2D eigenvalue weighted by Gasteiger charge is -2.32. The van der Waals surface area contributed by atoms with E-state index >= 15 is 0 Å². The molecule has 1 saturated heterocycles. The van der Waals surface area contributed by atoms with Crippen LogP contribution < -0.4 is 15.3 Å². The molecule has 5 heterocycles. The minimum absolute atomic E-state index is 0.00632. The van der Waals surface area contributed by atoms with Gasteiger partial charge in [-0.1, -0.05) is 0 Å². The van der Waals surface area contributed by atoms with Crippen molar-refractivity contribution in [3.05, 3.63) is 46.6 Å². The Balaban J connectivity index is 1.51. The van der Waals surface area contributed by atoms with Crippen LogP contribution in [-0.4, -0.2) is 56.2 Å². The molecular weight excluding hydrogens is 360 g/mol. The first-order valence-electron chi connectivity index (χ1n) is 9.44. The van der Waals surface area contributed by atoms with Crippen molar-refractivity contribution in [1.82, 2.24) is 24.1 Å². The Morgan fingerprint density at radius 2 is 2.11 bits per heavy atom. The van der Waals surface area contributed by atoms with Gasteiger partial charge in [0.05, 0.1) is 12.1 Å². The fourth-order valence-corrected chi connectivity index (χ4v) is 3.55. The van der Waals surface area contributed by atoms with Gasteiger partial charge in [-0.25, -0.2) is 14.5 Å². The molecule has 2 aliphatic heterocycles. The zero-order valence-corrected chi connectivity index (χ0v) is 15.5. The van der Waals surface area contributed by atoms with Crippen LogP contribution >= 0.6 is 0 Å². The summed E-state index contributed by atoms with van der Waals surface area (Å²) in [5.41, 5.74) is 1.85. The number of aryl methyl sites for hydroxylation is 1. The summed E-state index contributed by atoms with van der Waals surface area (Å²) >= 11 is 0. The van der Waals surface area contributed by atoms with E-state index in [9.17, 15) is 9.59 Å². The fourth-order valence-electron chi connectivity index (χ4n) is 3.55. The van der Waals surface area contributed by atoms with E-state index in [4.69, 9.17) is 4.74 Å². The number of hydrogen-bond acceptors (Lipinski definition) is 6. The number of aromatic nitrogens is 4. The van der Waals surface area contributed by atoms with E-state index in [1.54, 1.807) is 23.4 Å². The highest BCUT2D eigenvalue weighted by Gasteiger charge is 2.26. The van der Waals surface area contributed by atoms with E-state index in [0.717, 1.165) is 25.2 Å². The molecule has 144 valence electrons. The number of hydrogen-bond donors (Lipinski definition) is 0. The number of amides is 1. The van der Waals surface area contributed by atoms with Crippen LogP contribution in [0.5, 0.6) is 5.75 Å². The lowest BCUT2D eigenvalue weighted by molar-refractivity contribution is 0.0651. The molecule has 3 aromatic rings. The number of rotatable bonds is 3. The summed E-state index contributed by atoms with van der Waals surface area (Å²) in [5, 5.41) is 4.35. The predicted octanol–water partition coefficient (Wildman–Crippen LogP) is 1.29. The Kier molecular flexibility index (Phi) is 3.81. The minimum atomic E-state index is -0.154. The summed E-state index contributed by atoms with van der Waals surface area (Å²) in [6, 6.07) is 5.50. The second-order valence-electron chi connectivity index (χ2n) is 6.90. The number of carbonyl (C=O) groups is 1. The van der Waals surface area contributed by atoms with Crippen molar-refractivity contribution in [1.29, 1.82) is 0 Å². The maximum Gasteiger partial charge on any atom is 0.350 e. The molecular formula is C19H20N6O3. The maximum absolute atomic E-state index is 12.4. The van der Waals surface area contributed by atoms with Crippen LogP contribution in [0.2, 0.25) is 0 Å². The van der Waals surface area contributed by atoms with Crippen LogP contribution in [0.15, 0.2) is 35.4 Å². The Morgan fingerprint density at radius 1 is 1.25 bits per heavy atom. The normalized spacial score (nSPS) is 15.9. The first-order chi connectivity index (χ1) is 13.7. The van der Waals surface area contributed by atoms with E-state index in [-0.39, 0.29) is 11.6 Å². The molecule has 3 aromatic heterocycles. The van der Waals surface area contributed by atoms with Gasteiger partial charge in [-0.3, -0.25) is 9.20 Å². The maximum atomic E-state index is 12.4. The lowest BCUT2D eigenvalue weighted by atomic mass is 10.1. The molecule has 0 aliphatic carbocycles. The highest BCUT2D eigenvalue weighted by atomic mass is 16.5. The Hall–Kier alpha value is -3.36. The van der Waals surface area contributed by atoms with Gasteiger partial charge in [0.15, 0.2) is 17.2 Å². The summed E-state index contributed by atoms with van der Waals surface area (Å²) in [6.07, 6.45) is 4.38. The van der Waals surface area contributed by atoms with Gasteiger partial charge in [0.1, 0.15) is 6.61 Å². The zero-order chi connectivity index (χ0) is 19.3. The molecule has 1 fully saturated rings. The monoisotopic (exact) mass is 380 g/mol. The molecule has 0 atom stereocenters. The largest absolute Gasteiger partial charge is 0.488 e. The smallest absolute Gasteiger partial charge is 0.350 e. The summed E-state index contributed by atoms with van der Waals surface area (Å²) in [7, 11) is 0. The molecule has 0 aromatic carbocycles. The van der Waals surface area contributed by atoms with Gasteiger partial charge >= 0.3 is 5.69 Å². The molecule has 0 bridgehead atoms. The molecule has 28 heavy (non-hydrogen) atoms. The first-order valence-corrected chi connectivity index (χ1v) is 9.44. The van der Waals surface area contributed by atoms with Crippen LogP contribution in [-0.2, 0) is 6.54 Å². The average Bonchev–Trinajstić information content (AvgIpc) is 3.01. The second kappa shape index (κ2) is 6.36. The fraction of sp³-hybridized carbons (Fsp3) is 0.368. The number of ether oxygens (including phenoxy) is 1. The van der Waals surface area contributed by atoms with Crippen LogP contribution in [0, 0.1) is 0 Å². The van der Waals surface area contributed by atoms with Crippen LogP contribution in [0.4, 0.5) is 11.5 Å². The van der Waals surface area contributed by atoms with Crippen LogP contribution in [0.1, 0.15) is 23.7 Å². The lowest BCUT2D eigenvalue weighted by Crippen LogP contribution is -2.42. The SMILES string of the molecule is CCn1nc2cc(N3CCOc4cc(C(=O)N5CCC5)cnc43)ccn2c1=O. The van der Waals surface area contributed by atoms with Crippen LogP contribution in [0.3, 0.4) is 0 Å². The van der Waals surface area contributed by atoms with Gasteiger partial charge in [0, 0.05) is 43.8 Å². The molecule has 0 radical (unpaired) electrons. The van der Waals surface area contributed by atoms with Crippen molar-refractivity contribution >= 4 is 23.1 Å². The number of likely N-dealkylation sites (tertiary alicyclic amines) is 1. The number of fused-ring (bicyclic) bond motifs is 2. The predicted molar refractivity (Wildman–Crippen MR) is 102 cm³/mol. The third-order valence-corrected chi connectivity index (χ3v) is 5.23. The molecule has 0 N–H and O–H groups in total. The third kappa shape index (κ3) is 2.54. The van der Waals surface area contributed by atoms with E-state index in [1.807, 2.05) is 24.0 Å². The van der Waals surface area contributed by atoms with E-state index in [1.165, 1.54) is 9.08 Å². The second-order valence-corrected chi connectivity index (χ2v) is 6.90. The van der Waals surface area contributed by atoms with Gasteiger partial charge in [0.2, 0.25) is 0 Å². The van der Waals surface area contributed by atoms with Crippen molar-refractivity contribution < 1.29 is 9.53 Å². The highest BCUT2D eigenvalue weighted by molar-refractivity contribution is 5.95. The van der Waals surface area contributed by atoms with Crippen LogP contribution in [0.25, 0.3) is 5.65 Å². The first kappa shape index (κ1) is 16.8. The van der Waals surface area contributed by atoms with Gasteiger partial charge in [0.25, 0.3) is 5.91 Å². The Morgan fingerprint density at radius 3 is 2.86 bits per heavy atom. The molecule has 5 rings (SSSR count). The van der Waals surface area contributed by atoms with Gasteiger partial charge in [-0.2, -0.15) is 0 Å². The van der Waals surface area contributed by atoms with Crippen molar-refractivity contribution in [3.63, 3.8) is 0 Å². The highest BCUT2D eigenvalue weighted by Crippen LogP contribution is 2.35. The topological polar surface area (TPSA) is 85.0 Å². The van der Waals surface area contributed by atoms with Crippen molar-refractivity contribution in [2.45, 2.75) is 19.9 Å². The molecule has 2 aliphatic rings. The standard InChI is InChI=1S/C19H20N6O3/c1-2-25-19(27)24-7-4-14(11-16(24)21-25)23-8-9-28-15-10-13(12-20-17(15)23)18(26)22-5-3-6-22/h4,7,10-12H,2-3,5-6,8-9H2,1H3. The van der Waals surface area contributed by atoms with E-state index in [0.29, 0.717) is 42.5 Å².